The van der Waals surface area contributed by atoms with E-state index in [0.29, 0.717) is 11.4 Å². The second kappa shape index (κ2) is 12.5. The minimum Gasteiger partial charge on any atom is -0.441 e. The molecule has 1 atom stereocenters. The number of amides is 1. The van der Waals surface area contributed by atoms with Gasteiger partial charge in [0, 0.05) is 12.6 Å². The van der Waals surface area contributed by atoms with Gasteiger partial charge in [-0.15, -0.1) is 0 Å². The number of hydrogen-bond donors (Lipinski definition) is 2. The highest BCUT2D eigenvalue weighted by Crippen LogP contribution is 2.29. The van der Waals surface area contributed by atoms with Crippen molar-refractivity contribution in [2.75, 3.05) is 11.6 Å². The van der Waals surface area contributed by atoms with E-state index < -0.39 is 6.09 Å². The van der Waals surface area contributed by atoms with Crippen LogP contribution in [0.1, 0.15) is 62.5 Å². The van der Waals surface area contributed by atoms with E-state index in [1.165, 1.54) is 10.9 Å². The van der Waals surface area contributed by atoms with Crippen LogP contribution >= 0.6 is 12.6 Å². The fourth-order valence-electron chi connectivity index (χ4n) is 3.84. The Hall–Kier alpha value is -3.69. The maximum absolute atomic E-state index is 12.5. The fraction of sp³-hybridized carbons (Fsp3) is 0.290. The summed E-state index contributed by atoms with van der Waals surface area (Å²) in [4.78, 5) is 12.5. The maximum atomic E-state index is 12.5. The molecule has 0 radical (unpaired) electrons. The fourth-order valence-corrected chi connectivity index (χ4v) is 3.84. The smallest absolute Gasteiger partial charge is 0.413 e. The zero-order chi connectivity index (χ0) is 27.0. The largest absolute Gasteiger partial charge is 0.441 e. The van der Waals surface area contributed by atoms with Crippen LogP contribution in [0.2, 0.25) is 0 Å². The van der Waals surface area contributed by atoms with Crippen molar-refractivity contribution in [3.05, 3.63) is 95.2 Å². The molecular formula is C31H35N3O2S. The van der Waals surface area contributed by atoms with Crippen molar-refractivity contribution in [3.63, 3.8) is 0 Å². The zero-order valence-corrected chi connectivity index (χ0v) is 23.3. The molecule has 5 nitrogen and oxygen atoms in total. The van der Waals surface area contributed by atoms with E-state index >= 15 is 0 Å². The van der Waals surface area contributed by atoms with Gasteiger partial charge in [0.15, 0.2) is 0 Å². The van der Waals surface area contributed by atoms with Gasteiger partial charge in [0.25, 0.3) is 0 Å². The van der Waals surface area contributed by atoms with Crippen LogP contribution < -0.4 is 5.32 Å². The summed E-state index contributed by atoms with van der Waals surface area (Å²) in [7, 11) is 1.76. The maximum Gasteiger partial charge on any atom is 0.413 e. The normalized spacial score (nSPS) is 11.5. The van der Waals surface area contributed by atoms with Gasteiger partial charge in [0.1, 0.15) is 11.9 Å². The Morgan fingerprint density at radius 2 is 1.73 bits per heavy atom. The monoisotopic (exact) mass is 513 g/mol. The third-order valence-electron chi connectivity index (χ3n) is 6.56. The number of carbonyl (C=O) groups excluding carboxylic acids is 1. The molecule has 0 bridgehead atoms. The van der Waals surface area contributed by atoms with Crippen LogP contribution in [0, 0.1) is 11.8 Å². The first-order valence-electron chi connectivity index (χ1n) is 12.3. The third kappa shape index (κ3) is 6.96. The summed E-state index contributed by atoms with van der Waals surface area (Å²) >= 11 is 3.53. The Morgan fingerprint density at radius 3 is 2.43 bits per heavy atom. The SMILES string of the molecule is CCC(C)(C)c1ccc2cc(C#Cc3cnn(C)c3NC(=O)O[C@H](C)c3ccccc3)ccc2c1.CS. The Kier molecular flexibility index (Phi) is 9.43. The molecule has 4 rings (SSSR count). The number of aryl methyl sites for hydroxylation is 1. The number of benzene rings is 3. The van der Waals surface area contributed by atoms with Gasteiger partial charge >= 0.3 is 6.09 Å². The van der Waals surface area contributed by atoms with E-state index in [9.17, 15) is 4.79 Å². The molecule has 1 heterocycles. The van der Waals surface area contributed by atoms with E-state index in [2.05, 4.69) is 86.0 Å². The van der Waals surface area contributed by atoms with Crippen LogP contribution in [0.3, 0.4) is 0 Å². The Bertz CT molecular complexity index is 1410. The molecule has 6 heteroatoms. The molecule has 1 aromatic heterocycles. The van der Waals surface area contributed by atoms with Crippen molar-refractivity contribution in [2.24, 2.45) is 7.05 Å². The van der Waals surface area contributed by atoms with Gasteiger partial charge in [0.2, 0.25) is 0 Å². The van der Waals surface area contributed by atoms with Gasteiger partial charge in [-0.2, -0.15) is 17.7 Å². The molecule has 0 saturated carbocycles. The molecule has 0 aliphatic rings. The molecule has 0 spiro atoms. The van der Waals surface area contributed by atoms with Crippen LogP contribution in [0.25, 0.3) is 10.8 Å². The lowest BCUT2D eigenvalue weighted by Crippen LogP contribution is -2.18. The first kappa shape index (κ1) is 27.9. The molecule has 1 N–H and O–H groups in total. The third-order valence-corrected chi connectivity index (χ3v) is 6.56. The second-order valence-electron chi connectivity index (χ2n) is 9.38. The van der Waals surface area contributed by atoms with Crippen molar-refractivity contribution in [1.29, 1.82) is 0 Å². The van der Waals surface area contributed by atoms with Crippen molar-refractivity contribution in [3.8, 4) is 11.8 Å². The Labute approximate surface area is 225 Å². The number of carbonyl (C=O) groups is 1. The molecular weight excluding hydrogens is 478 g/mol. The lowest BCUT2D eigenvalue weighted by atomic mass is 9.81. The molecule has 0 aliphatic heterocycles. The molecule has 0 saturated heterocycles. The summed E-state index contributed by atoms with van der Waals surface area (Å²) < 4.78 is 7.11. The Morgan fingerprint density at radius 1 is 1.05 bits per heavy atom. The van der Waals surface area contributed by atoms with Crippen molar-refractivity contribution in [1.82, 2.24) is 9.78 Å². The molecule has 0 aliphatic carbocycles. The summed E-state index contributed by atoms with van der Waals surface area (Å²) in [6.45, 7) is 8.59. The highest BCUT2D eigenvalue weighted by molar-refractivity contribution is 7.79. The van der Waals surface area contributed by atoms with E-state index in [4.69, 9.17) is 4.74 Å². The van der Waals surface area contributed by atoms with E-state index in [0.717, 1.165) is 22.9 Å². The van der Waals surface area contributed by atoms with Gasteiger partial charge in [-0.1, -0.05) is 87.2 Å². The van der Waals surface area contributed by atoms with Crippen molar-refractivity contribution >= 4 is 35.3 Å². The van der Waals surface area contributed by atoms with Gasteiger partial charge in [-0.25, -0.2) is 4.79 Å². The average Bonchev–Trinajstić information content (AvgIpc) is 3.27. The lowest BCUT2D eigenvalue weighted by Gasteiger charge is -2.23. The predicted octanol–water partition coefficient (Wildman–Crippen LogP) is 7.52. The molecule has 3 aromatic carbocycles. The molecule has 192 valence electrons. The summed E-state index contributed by atoms with van der Waals surface area (Å²) in [5.74, 6) is 6.85. The van der Waals surface area contributed by atoms with Gasteiger partial charge < -0.3 is 4.74 Å². The van der Waals surface area contributed by atoms with Crippen LogP contribution in [0.4, 0.5) is 10.6 Å². The number of ether oxygens (including phenoxy) is 1. The van der Waals surface area contributed by atoms with Gasteiger partial charge in [-0.05, 0) is 59.0 Å². The van der Waals surface area contributed by atoms with Gasteiger partial charge in [0.05, 0.1) is 11.8 Å². The number of anilines is 1. The minimum atomic E-state index is -0.551. The van der Waals surface area contributed by atoms with Crippen molar-refractivity contribution < 1.29 is 9.53 Å². The average molecular weight is 514 g/mol. The summed E-state index contributed by atoms with van der Waals surface area (Å²) in [5, 5.41) is 9.39. The number of rotatable bonds is 5. The van der Waals surface area contributed by atoms with E-state index in [1.54, 1.807) is 24.2 Å². The molecule has 1 amide bonds. The van der Waals surface area contributed by atoms with E-state index in [-0.39, 0.29) is 11.5 Å². The summed E-state index contributed by atoms with van der Waals surface area (Å²) in [5.41, 5.74) is 3.93. The molecule has 37 heavy (non-hydrogen) atoms. The number of hydrogen-bond acceptors (Lipinski definition) is 4. The lowest BCUT2D eigenvalue weighted by molar-refractivity contribution is 0.121. The molecule has 0 fully saturated rings. The summed E-state index contributed by atoms with van der Waals surface area (Å²) in [6.07, 6.45) is 3.50. The predicted molar refractivity (Wildman–Crippen MR) is 156 cm³/mol. The number of nitrogens with zero attached hydrogens (tertiary/aromatic N) is 2. The summed E-state index contributed by atoms with van der Waals surface area (Å²) in [6, 6.07) is 22.5. The van der Waals surface area contributed by atoms with Crippen LogP contribution in [0.15, 0.2) is 72.9 Å². The number of thiol groups is 1. The second-order valence-corrected chi connectivity index (χ2v) is 9.38. The number of aromatic nitrogens is 2. The van der Waals surface area contributed by atoms with Crippen molar-refractivity contribution in [2.45, 2.75) is 45.6 Å². The van der Waals surface area contributed by atoms with E-state index in [1.807, 2.05) is 43.3 Å². The topological polar surface area (TPSA) is 56.2 Å². The van der Waals surface area contributed by atoms with Crippen LogP contribution in [-0.4, -0.2) is 22.1 Å². The standard InChI is InChI=1S/C30H31N3O2.CH4S/c1-6-30(3,4)27-17-16-24-18-22(12-14-25(24)19-27)13-15-26-20-31-33(5)28(26)32-29(34)35-21(2)23-10-8-7-9-11-23;1-2/h7-12,14,16-21H,6H2,1-5H3,(H,32,34);2H,1H3/t21-;/m1./s1. The van der Waals surface area contributed by atoms with Crippen LogP contribution in [0.5, 0.6) is 0 Å². The van der Waals surface area contributed by atoms with Crippen LogP contribution in [-0.2, 0) is 17.2 Å². The highest BCUT2D eigenvalue weighted by atomic mass is 32.1. The molecule has 0 unspecified atom stereocenters. The first-order valence-corrected chi connectivity index (χ1v) is 13.2. The van der Waals surface area contributed by atoms with Gasteiger partial charge in [-0.3, -0.25) is 10.00 Å². The Balaban J connectivity index is 0.00000186. The molecule has 4 aromatic rings. The number of fused-ring (bicyclic) bond motifs is 1. The minimum absolute atomic E-state index is 0.149. The first-order chi connectivity index (χ1) is 17.8. The highest BCUT2D eigenvalue weighted by Gasteiger charge is 2.18. The quantitative estimate of drug-likeness (QED) is 0.214. The zero-order valence-electron chi connectivity index (χ0n) is 22.4. The number of nitrogens with one attached hydrogen (secondary N) is 1.